The van der Waals surface area contributed by atoms with Crippen molar-refractivity contribution < 1.29 is 9.53 Å². The third kappa shape index (κ3) is 2.97. The molecule has 2 rings (SSSR count). The monoisotopic (exact) mass is 234 g/mol. The van der Waals surface area contributed by atoms with Gasteiger partial charge in [0.25, 0.3) is 0 Å². The fraction of sp³-hybridized carbons (Fsp3) is 0.462. The normalized spacial score (nSPS) is 15.1. The van der Waals surface area contributed by atoms with E-state index >= 15 is 0 Å². The van der Waals surface area contributed by atoms with Gasteiger partial charge < -0.3 is 10.1 Å². The van der Waals surface area contributed by atoms with Crippen molar-refractivity contribution in [2.45, 2.75) is 19.9 Å². The fourth-order valence-corrected chi connectivity index (χ4v) is 1.87. The first-order valence-electron chi connectivity index (χ1n) is 6.05. The van der Waals surface area contributed by atoms with Gasteiger partial charge in [-0.25, -0.2) is 4.79 Å². The highest BCUT2D eigenvalue weighted by Gasteiger charge is 2.23. The van der Waals surface area contributed by atoms with E-state index in [0.29, 0.717) is 13.2 Å². The molecule has 0 spiro atoms. The maximum absolute atomic E-state index is 11.4. The minimum absolute atomic E-state index is 0.247. The second kappa shape index (κ2) is 5.68. The summed E-state index contributed by atoms with van der Waals surface area (Å²) in [6, 6.07) is 8.02. The molecule has 0 radical (unpaired) electrons. The van der Waals surface area contributed by atoms with Crippen molar-refractivity contribution in [2.24, 2.45) is 0 Å². The number of amides is 1. The van der Waals surface area contributed by atoms with E-state index in [-0.39, 0.29) is 6.09 Å². The van der Waals surface area contributed by atoms with Gasteiger partial charge in [0, 0.05) is 12.2 Å². The molecule has 0 saturated carbocycles. The predicted molar refractivity (Wildman–Crippen MR) is 67.1 cm³/mol. The molecule has 1 saturated heterocycles. The van der Waals surface area contributed by atoms with E-state index in [9.17, 15) is 4.79 Å². The van der Waals surface area contributed by atoms with Crippen molar-refractivity contribution in [2.75, 3.05) is 24.6 Å². The average Bonchev–Trinajstić information content (AvgIpc) is 2.76. The van der Waals surface area contributed by atoms with Crippen LogP contribution in [0.15, 0.2) is 24.3 Å². The minimum atomic E-state index is -0.247. The number of anilines is 1. The number of carbonyl (C=O) groups excluding carboxylic acids is 1. The van der Waals surface area contributed by atoms with Gasteiger partial charge >= 0.3 is 6.09 Å². The van der Waals surface area contributed by atoms with Gasteiger partial charge in [-0.3, -0.25) is 4.90 Å². The second-order valence-corrected chi connectivity index (χ2v) is 4.11. The Morgan fingerprint density at radius 3 is 3.06 bits per heavy atom. The molecule has 0 aromatic heterocycles. The number of hydrogen-bond donors (Lipinski definition) is 1. The molecule has 0 aliphatic carbocycles. The van der Waals surface area contributed by atoms with Crippen LogP contribution >= 0.6 is 0 Å². The molecule has 92 valence electrons. The van der Waals surface area contributed by atoms with Gasteiger partial charge in [-0.15, -0.1) is 0 Å². The van der Waals surface area contributed by atoms with Crippen molar-refractivity contribution in [1.82, 2.24) is 5.32 Å². The van der Waals surface area contributed by atoms with Gasteiger partial charge in [-0.2, -0.15) is 0 Å². The number of benzene rings is 1. The van der Waals surface area contributed by atoms with Crippen molar-refractivity contribution in [3.8, 4) is 0 Å². The number of rotatable bonds is 5. The maximum Gasteiger partial charge on any atom is 0.414 e. The largest absolute Gasteiger partial charge is 0.447 e. The molecule has 0 unspecified atom stereocenters. The molecule has 0 bridgehead atoms. The first kappa shape index (κ1) is 11.9. The predicted octanol–water partition coefficient (Wildman–Crippen LogP) is 2.14. The van der Waals surface area contributed by atoms with Crippen molar-refractivity contribution in [1.29, 1.82) is 0 Å². The van der Waals surface area contributed by atoms with Crippen molar-refractivity contribution in [3.63, 3.8) is 0 Å². The van der Waals surface area contributed by atoms with Crippen LogP contribution in [-0.4, -0.2) is 25.8 Å². The van der Waals surface area contributed by atoms with E-state index in [4.69, 9.17) is 4.74 Å². The topological polar surface area (TPSA) is 41.6 Å². The molecule has 1 heterocycles. The quantitative estimate of drug-likeness (QED) is 0.794. The summed E-state index contributed by atoms with van der Waals surface area (Å²) in [4.78, 5) is 13.1. The lowest BCUT2D eigenvalue weighted by atomic mass is 10.2. The van der Waals surface area contributed by atoms with Gasteiger partial charge in [-0.1, -0.05) is 19.1 Å². The maximum atomic E-state index is 11.4. The highest BCUT2D eigenvalue weighted by atomic mass is 16.6. The van der Waals surface area contributed by atoms with E-state index in [1.807, 2.05) is 18.2 Å². The van der Waals surface area contributed by atoms with E-state index in [2.05, 4.69) is 18.3 Å². The van der Waals surface area contributed by atoms with Gasteiger partial charge in [0.15, 0.2) is 0 Å². The average molecular weight is 234 g/mol. The smallest absolute Gasteiger partial charge is 0.414 e. The third-order valence-corrected chi connectivity index (χ3v) is 2.74. The Kier molecular flexibility index (Phi) is 3.98. The van der Waals surface area contributed by atoms with Crippen LogP contribution in [0.25, 0.3) is 0 Å². The minimum Gasteiger partial charge on any atom is -0.447 e. The van der Waals surface area contributed by atoms with Crippen LogP contribution in [0.3, 0.4) is 0 Å². The Morgan fingerprint density at radius 2 is 2.35 bits per heavy atom. The van der Waals surface area contributed by atoms with Crippen molar-refractivity contribution >= 4 is 11.8 Å². The Morgan fingerprint density at radius 1 is 1.47 bits per heavy atom. The zero-order valence-corrected chi connectivity index (χ0v) is 10.1. The van der Waals surface area contributed by atoms with E-state index in [1.54, 1.807) is 4.90 Å². The van der Waals surface area contributed by atoms with Crippen molar-refractivity contribution in [3.05, 3.63) is 29.8 Å². The van der Waals surface area contributed by atoms with Gasteiger partial charge in [-0.05, 0) is 30.7 Å². The molecule has 0 atom stereocenters. The molecule has 1 aromatic carbocycles. The first-order valence-corrected chi connectivity index (χ1v) is 6.05. The van der Waals surface area contributed by atoms with Crippen LogP contribution in [0, 0.1) is 0 Å². The number of ether oxygens (including phenoxy) is 1. The van der Waals surface area contributed by atoms with Gasteiger partial charge in [0.2, 0.25) is 0 Å². The fourth-order valence-electron chi connectivity index (χ4n) is 1.87. The van der Waals surface area contributed by atoms with E-state index in [0.717, 1.165) is 25.2 Å². The molecule has 1 aromatic rings. The van der Waals surface area contributed by atoms with E-state index in [1.165, 1.54) is 5.56 Å². The lowest BCUT2D eigenvalue weighted by Crippen LogP contribution is -2.23. The summed E-state index contributed by atoms with van der Waals surface area (Å²) in [5.41, 5.74) is 2.11. The molecule has 4 nitrogen and oxygen atoms in total. The Labute approximate surface area is 102 Å². The molecule has 1 aliphatic heterocycles. The molecular formula is C13H18N2O2. The van der Waals surface area contributed by atoms with Crippen LogP contribution in [-0.2, 0) is 11.3 Å². The van der Waals surface area contributed by atoms with Crippen LogP contribution in [0.1, 0.15) is 18.9 Å². The first-order chi connectivity index (χ1) is 8.31. The summed E-state index contributed by atoms with van der Waals surface area (Å²) in [7, 11) is 0. The van der Waals surface area contributed by atoms with Crippen LogP contribution in [0.5, 0.6) is 0 Å². The Bertz CT molecular complexity index is 393. The molecule has 17 heavy (non-hydrogen) atoms. The lowest BCUT2D eigenvalue weighted by molar-refractivity contribution is 0.181. The number of nitrogens with one attached hydrogen (secondary N) is 1. The number of carbonyl (C=O) groups is 1. The standard InChI is InChI=1S/C13H18N2O2/c1-2-6-14-10-11-4-3-5-12(9-11)15-7-8-17-13(15)16/h3-5,9,14H,2,6-8,10H2,1H3. The van der Waals surface area contributed by atoms with Crippen LogP contribution in [0.2, 0.25) is 0 Å². The number of hydrogen-bond acceptors (Lipinski definition) is 3. The Hall–Kier alpha value is -1.55. The molecule has 1 amide bonds. The summed E-state index contributed by atoms with van der Waals surface area (Å²) in [6.07, 6.45) is 0.877. The summed E-state index contributed by atoms with van der Waals surface area (Å²) in [5, 5.41) is 3.35. The second-order valence-electron chi connectivity index (χ2n) is 4.11. The third-order valence-electron chi connectivity index (χ3n) is 2.74. The molecular weight excluding hydrogens is 216 g/mol. The van der Waals surface area contributed by atoms with Gasteiger partial charge in [0.1, 0.15) is 6.61 Å². The molecule has 1 N–H and O–H groups in total. The number of cyclic esters (lactones) is 1. The highest BCUT2D eigenvalue weighted by Crippen LogP contribution is 2.19. The lowest BCUT2D eigenvalue weighted by Gasteiger charge is -2.14. The van der Waals surface area contributed by atoms with E-state index < -0.39 is 0 Å². The summed E-state index contributed by atoms with van der Waals surface area (Å²) in [5.74, 6) is 0. The summed E-state index contributed by atoms with van der Waals surface area (Å²) < 4.78 is 4.93. The summed E-state index contributed by atoms with van der Waals surface area (Å²) in [6.45, 7) is 5.12. The Balaban J connectivity index is 2.03. The van der Waals surface area contributed by atoms with Crippen LogP contribution < -0.4 is 10.2 Å². The zero-order chi connectivity index (χ0) is 12.1. The van der Waals surface area contributed by atoms with Gasteiger partial charge in [0.05, 0.1) is 6.54 Å². The molecule has 1 fully saturated rings. The zero-order valence-electron chi connectivity index (χ0n) is 10.1. The molecule has 4 heteroatoms. The SMILES string of the molecule is CCCNCc1cccc(N2CCOC2=O)c1. The summed E-state index contributed by atoms with van der Waals surface area (Å²) >= 11 is 0. The number of nitrogens with zero attached hydrogens (tertiary/aromatic N) is 1. The molecule has 1 aliphatic rings. The van der Waals surface area contributed by atoms with Crippen LogP contribution in [0.4, 0.5) is 10.5 Å². The highest BCUT2D eigenvalue weighted by molar-refractivity contribution is 5.89.